The van der Waals surface area contributed by atoms with E-state index in [1.165, 1.54) is 5.56 Å². The normalized spacial score (nSPS) is 13.2. The smallest absolute Gasteiger partial charge is 0.238 e. The van der Waals surface area contributed by atoms with Gasteiger partial charge in [-0.05, 0) is 39.2 Å². The standard InChI is InChI=1S/C14H20ClNO/c1-14(2,3)16-13(17)12(15)10-9-11-7-5-4-6-8-11/h4-8,12H,9-10H2,1-3H3,(H,16,17). The minimum atomic E-state index is -0.463. The van der Waals surface area contributed by atoms with Gasteiger partial charge in [0.05, 0.1) is 0 Å². The van der Waals surface area contributed by atoms with Gasteiger partial charge in [-0.2, -0.15) is 0 Å². The summed E-state index contributed by atoms with van der Waals surface area (Å²) in [6, 6.07) is 10.1. The molecule has 1 atom stereocenters. The van der Waals surface area contributed by atoms with E-state index in [0.29, 0.717) is 6.42 Å². The highest BCUT2D eigenvalue weighted by atomic mass is 35.5. The van der Waals surface area contributed by atoms with E-state index in [2.05, 4.69) is 5.32 Å². The van der Waals surface area contributed by atoms with Crippen molar-refractivity contribution in [3.05, 3.63) is 35.9 Å². The maximum absolute atomic E-state index is 11.7. The molecule has 0 aromatic heterocycles. The topological polar surface area (TPSA) is 29.1 Å². The van der Waals surface area contributed by atoms with Crippen molar-refractivity contribution in [3.8, 4) is 0 Å². The van der Waals surface area contributed by atoms with Crippen molar-refractivity contribution < 1.29 is 4.79 Å². The van der Waals surface area contributed by atoms with Gasteiger partial charge in [-0.25, -0.2) is 0 Å². The number of aryl methyl sites for hydroxylation is 1. The van der Waals surface area contributed by atoms with Crippen molar-refractivity contribution >= 4 is 17.5 Å². The van der Waals surface area contributed by atoms with Crippen molar-refractivity contribution in [2.45, 2.75) is 44.5 Å². The van der Waals surface area contributed by atoms with Crippen LogP contribution in [0.15, 0.2) is 30.3 Å². The Balaban J connectivity index is 2.40. The molecule has 2 nitrogen and oxygen atoms in total. The van der Waals surface area contributed by atoms with Crippen LogP contribution in [0.3, 0.4) is 0 Å². The lowest BCUT2D eigenvalue weighted by atomic mass is 10.1. The van der Waals surface area contributed by atoms with Gasteiger partial charge in [0.1, 0.15) is 5.38 Å². The second-order valence-electron chi connectivity index (χ2n) is 5.23. The van der Waals surface area contributed by atoms with Gasteiger partial charge in [-0.1, -0.05) is 30.3 Å². The summed E-state index contributed by atoms with van der Waals surface area (Å²) in [7, 11) is 0. The third-order valence-electron chi connectivity index (χ3n) is 2.31. The lowest BCUT2D eigenvalue weighted by Crippen LogP contribution is -2.44. The molecule has 0 heterocycles. The second-order valence-corrected chi connectivity index (χ2v) is 5.76. The molecule has 94 valence electrons. The maximum atomic E-state index is 11.7. The van der Waals surface area contributed by atoms with Gasteiger partial charge in [0, 0.05) is 5.54 Å². The third-order valence-corrected chi connectivity index (χ3v) is 2.73. The highest BCUT2D eigenvalue weighted by molar-refractivity contribution is 6.30. The van der Waals surface area contributed by atoms with E-state index in [4.69, 9.17) is 11.6 Å². The van der Waals surface area contributed by atoms with E-state index in [-0.39, 0.29) is 11.4 Å². The predicted octanol–water partition coefficient (Wildman–Crippen LogP) is 3.14. The first-order chi connectivity index (χ1) is 7.88. The molecule has 0 aliphatic heterocycles. The molecule has 0 saturated carbocycles. The molecule has 1 N–H and O–H groups in total. The van der Waals surface area contributed by atoms with Crippen LogP contribution >= 0.6 is 11.6 Å². The van der Waals surface area contributed by atoms with E-state index in [9.17, 15) is 4.79 Å². The van der Waals surface area contributed by atoms with Crippen LogP contribution in [0.25, 0.3) is 0 Å². The van der Waals surface area contributed by atoms with E-state index in [1.54, 1.807) is 0 Å². The first-order valence-electron chi connectivity index (χ1n) is 5.88. The zero-order valence-corrected chi connectivity index (χ0v) is 11.4. The average Bonchev–Trinajstić information content (AvgIpc) is 2.25. The number of amides is 1. The first kappa shape index (κ1) is 14.0. The summed E-state index contributed by atoms with van der Waals surface area (Å²) in [5.41, 5.74) is 0.985. The highest BCUT2D eigenvalue weighted by Gasteiger charge is 2.20. The lowest BCUT2D eigenvalue weighted by molar-refractivity contribution is -0.122. The molecule has 0 aliphatic rings. The van der Waals surface area contributed by atoms with Crippen LogP contribution in [-0.2, 0) is 11.2 Å². The quantitative estimate of drug-likeness (QED) is 0.821. The summed E-state index contributed by atoms with van der Waals surface area (Å²) in [4.78, 5) is 11.7. The Morgan fingerprint density at radius 1 is 1.29 bits per heavy atom. The van der Waals surface area contributed by atoms with Gasteiger partial charge in [-0.3, -0.25) is 4.79 Å². The summed E-state index contributed by atoms with van der Waals surface area (Å²) in [5.74, 6) is -0.0879. The molecule has 0 saturated heterocycles. The van der Waals surface area contributed by atoms with Crippen LogP contribution in [0, 0.1) is 0 Å². The lowest BCUT2D eigenvalue weighted by Gasteiger charge is -2.22. The summed E-state index contributed by atoms with van der Waals surface area (Å²) in [6.07, 6.45) is 1.49. The summed E-state index contributed by atoms with van der Waals surface area (Å²) in [6.45, 7) is 5.85. The minimum Gasteiger partial charge on any atom is -0.350 e. The Labute approximate surface area is 108 Å². The molecular formula is C14H20ClNO. The van der Waals surface area contributed by atoms with Crippen LogP contribution < -0.4 is 5.32 Å². The molecule has 1 amide bonds. The summed E-state index contributed by atoms with van der Waals surface area (Å²) in [5, 5.41) is 2.42. The molecule has 0 aliphatic carbocycles. The fraction of sp³-hybridized carbons (Fsp3) is 0.500. The predicted molar refractivity (Wildman–Crippen MR) is 72.3 cm³/mol. The van der Waals surface area contributed by atoms with Gasteiger partial charge < -0.3 is 5.32 Å². The van der Waals surface area contributed by atoms with E-state index >= 15 is 0 Å². The van der Waals surface area contributed by atoms with E-state index < -0.39 is 5.38 Å². The van der Waals surface area contributed by atoms with Gasteiger partial charge in [0.25, 0.3) is 0 Å². The van der Waals surface area contributed by atoms with Crippen LogP contribution in [-0.4, -0.2) is 16.8 Å². The van der Waals surface area contributed by atoms with Crippen LogP contribution in [0.4, 0.5) is 0 Å². The number of hydrogen-bond donors (Lipinski definition) is 1. The van der Waals surface area contributed by atoms with Crippen molar-refractivity contribution in [2.24, 2.45) is 0 Å². The Morgan fingerprint density at radius 3 is 2.41 bits per heavy atom. The number of hydrogen-bond acceptors (Lipinski definition) is 1. The second kappa shape index (κ2) is 6.06. The number of rotatable bonds is 4. The van der Waals surface area contributed by atoms with Crippen LogP contribution in [0.2, 0.25) is 0 Å². The maximum Gasteiger partial charge on any atom is 0.238 e. The van der Waals surface area contributed by atoms with Gasteiger partial charge in [0.2, 0.25) is 5.91 Å². The number of carbonyl (C=O) groups excluding carboxylic acids is 1. The third kappa shape index (κ3) is 5.73. The van der Waals surface area contributed by atoms with E-state index in [0.717, 1.165) is 6.42 Å². The summed E-state index contributed by atoms with van der Waals surface area (Å²) >= 11 is 6.08. The zero-order valence-electron chi connectivity index (χ0n) is 10.7. The van der Waals surface area contributed by atoms with Crippen LogP contribution in [0.1, 0.15) is 32.8 Å². The SMILES string of the molecule is CC(C)(C)NC(=O)C(Cl)CCc1ccccc1. The highest BCUT2D eigenvalue weighted by Crippen LogP contribution is 2.11. The monoisotopic (exact) mass is 253 g/mol. The summed E-state index contributed by atoms with van der Waals surface area (Å²) < 4.78 is 0. The number of nitrogens with one attached hydrogen (secondary N) is 1. The Hall–Kier alpha value is -1.02. The van der Waals surface area contributed by atoms with Crippen molar-refractivity contribution in [1.82, 2.24) is 5.32 Å². The fourth-order valence-corrected chi connectivity index (χ4v) is 1.68. The molecule has 0 fully saturated rings. The van der Waals surface area contributed by atoms with Crippen LogP contribution in [0.5, 0.6) is 0 Å². The molecular weight excluding hydrogens is 234 g/mol. The van der Waals surface area contributed by atoms with E-state index in [1.807, 2.05) is 51.1 Å². The molecule has 1 unspecified atom stereocenters. The zero-order chi connectivity index (χ0) is 12.9. The molecule has 1 rings (SSSR count). The molecule has 3 heteroatoms. The largest absolute Gasteiger partial charge is 0.350 e. The molecule has 0 bridgehead atoms. The number of benzene rings is 1. The Morgan fingerprint density at radius 2 is 1.88 bits per heavy atom. The number of carbonyl (C=O) groups is 1. The fourth-order valence-electron chi connectivity index (χ4n) is 1.52. The molecule has 1 aromatic rings. The van der Waals surface area contributed by atoms with Gasteiger partial charge in [0.15, 0.2) is 0 Å². The molecule has 17 heavy (non-hydrogen) atoms. The Bertz CT molecular complexity index is 356. The minimum absolute atomic E-state index is 0.0879. The average molecular weight is 254 g/mol. The van der Waals surface area contributed by atoms with Gasteiger partial charge in [-0.15, -0.1) is 11.6 Å². The Kier molecular flexibility index (Phi) is 5.01. The van der Waals surface area contributed by atoms with Crippen molar-refractivity contribution in [2.75, 3.05) is 0 Å². The van der Waals surface area contributed by atoms with Gasteiger partial charge >= 0.3 is 0 Å². The molecule has 1 aromatic carbocycles. The van der Waals surface area contributed by atoms with Crippen molar-refractivity contribution in [1.29, 1.82) is 0 Å². The number of halogens is 1. The molecule has 0 spiro atoms. The molecule has 0 radical (unpaired) electrons. The number of alkyl halides is 1. The van der Waals surface area contributed by atoms with Crippen molar-refractivity contribution in [3.63, 3.8) is 0 Å². The first-order valence-corrected chi connectivity index (χ1v) is 6.32.